The van der Waals surface area contributed by atoms with Gasteiger partial charge in [-0.15, -0.1) is 0 Å². The molecule has 0 fully saturated rings. The molecule has 16 heavy (non-hydrogen) atoms. The predicted octanol–water partition coefficient (Wildman–Crippen LogP) is 3.47. The van der Waals surface area contributed by atoms with E-state index in [1.807, 2.05) is 30.3 Å². The van der Waals surface area contributed by atoms with Crippen molar-refractivity contribution in [3.05, 3.63) is 35.9 Å². The van der Waals surface area contributed by atoms with Crippen LogP contribution in [0.15, 0.2) is 30.3 Å². The van der Waals surface area contributed by atoms with Gasteiger partial charge >= 0.3 is 5.97 Å². The first-order valence-electron chi connectivity index (χ1n) is 5.55. The first kappa shape index (κ1) is 12.8. The molecule has 1 rings (SSSR count). The summed E-state index contributed by atoms with van der Waals surface area (Å²) in [5, 5.41) is 9.45. The van der Waals surface area contributed by atoms with E-state index in [4.69, 9.17) is 0 Å². The number of carboxylic acid groups (broad SMARTS) is 1. The fourth-order valence-corrected chi connectivity index (χ4v) is 2.17. The van der Waals surface area contributed by atoms with E-state index in [0.717, 1.165) is 5.56 Å². The number of aliphatic carboxylic acids is 1. The van der Waals surface area contributed by atoms with Gasteiger partial charge in [0.25, 0.3) is 0 Å². The molecule has 2 nitrogen and oxygen atoms in total. The van der Waals surface area contributed by atoms with Crippen molar-refractivity contribution in [2.24, 2.45) is 5.41 Å². The summed E-state index contributed by atoms with van der Waals surface area (Å²) in [5.41, 5.74) is 0.0556. The van der Waals surface area contributed by atoms with Crippen LogP contribution in [0.5, 0.6) is 0 Å². The molecule has 0 saturated heterocycles. The summed E-state index contributed by atoms with van der Waals surface area (Å²) < 4.78 is 0. The molecule has 0 aliphatic carbocycles. The summed E-state index contributed by atoms with van der Waals surface area (Å²) in [7, 11) is 0. The van der Waals surface area contributed by atoms with Crippen LogP contribution in [0, 0.1) is 5.41 Å². The first-order valence-corrected chi connectivity index (χ1v) is 5.55. The van der Waals surface area contributed by atoms with Crippen LogP contribution in [0.2, 0.25) is 0 Å². The minimum Gasteiger partial charge on any atom is -0.481 e. The lowest BCUT2D eigenvalue weighted by Crippen LogP contribution is -2.36. The summed E-state index contributed by atoms with van der Waals surface area (Å²) in [4.78, 5) is 11.5. The second kappa shape index (κ2) is 4.28. The highest BCUT2D eigenvalue weighted by Gasteiger charge is 2.38. The van der Waals surface area contributed by atoms with Crippen LogP contribution < -0.4 is 0 Å². The van der Waals surface area contributed by atoms with Crippen LogP contribution in [-0.2, 0) is 10.2 Å². The van der Waals surface area contributed by atoms with Gasteiger partial charge in [-0.1, -0.05) is 51.1 Å². The van der Waals surface area contributed by atoms with Gasteiger partial charge in [-0.25, -0.2) is 0 Å². The molecule has 0 spiro atoms. The van der Waals surface area contributed by atoms with Crippen LogP contribution in [-0.4, -0.2) is 11.1 Å². The van der Waals surface area contributed by atoms with E-state index in [0.29, 0.717) is 6.42 Å². The lowest BCUT2D eigenvalue weighted by Gasteiger charge is -2.32. The van der Waals surface area contributed by atoms with E-state index in [2.05, 4.69) is 20.8 Å². The van der Waals surface area contributed by atoms with Crippen molar-refractivity contribution in [2.75, 3.05) is 0 Å². The van der Waals surface area contributed by atoms with Crippen molar-refractivity contribution in [3.63, 3.8) is 0 Å². The Morgan fingerprint density at radius 1 is 1.12 bits per heavy atom. The average molecular weight is 220 g/mol. The van der Waals surface area contributed by atoms with E-state index >= 15 is 0 Å². The van der Waals surface area contributed by atoms with Gasteiger partial charge in [-0.3, -0.25) is 4.79 Å². The zero-order valence-corrected chi connectivity index (χ0v) is 10.4. The number of hydrogen-bond donors (Lipinski definition) is 1. The molecule has 88 valence electrons. The second-order valence-corrected chi connectivity index (χ2v) is 5.74. The highest BCUT2D eigenvalue weighted by atomic mass is 16.4. The summed E-state index contributed by atoms with van der Waals surface area (Å²) in [6.45, 7) is 8.00. The predicted molar refractivity (Wildman–Crippen MR) is 65.5 cm³/mol. The Balaban J connectivity index is 3.13. The highest BCUT2D eigenvalue weighted by molar-refractivity contribution is 5.80. The SMILES string of the molecule is CC(C)(C)CC(C)(C(=O)O)c1ccccc1. The molecule has 1 unspecified atom stereocenters. The third kappa shape index (κ3) is 2.84. The maximum absolute atomic E-state index is 11.5. The van der Waals surface area contributed by atoms with Gasteiger partial charge in [0.2, 0.25) is 0 Å². The average Bonchev–Trinajstić information content (AvgIpc) is 2.16. The molecule has 1 atom stereocenters. The minimum absolute atomic E-state index is 0.0109. The summed E-state index contributed by atoms with van der Waals surface area (Å²) in [6, 6.07) is 9.46. The maximum Gasteiger partial charge on any atom is 0.313 e. The van der Waals surface area contributed by atoms with Gasteiger partial charge in [-0.2, -0.15) is 0 Å². The number of benzene rings is 1. The molecule has 2 heteroatoms. The van der Waals surface area contributed by atoms with Crippen LogP contribution in [0.3, 0.4) is 0 Å². The Kier molecular flexibility index (Phi) is 3.41. The molecule has 1 N–H and O–H groups in total. The third-order valence-electron chi connectivity index (χ3n) is 2.77. The van der Waals surface area contributed by atoms with Crippen LogP contribution in [0.4, 0.5) is 0 Å². The third-order valence-corrected chi connectivity index (χ3v) is 2.77. The Labute approximate surface area is 97.3 Å². The summed E-state index contributed by atoms with van der Waals surface area (Å²) >= 11 is 0. The zero-order chi connectivity index (χ0) is 12.4. The standard InChI is InChI=1S/C14H20O2/c1-13(2,3)10-14(4,12(15)16)11-8-6-5-7-9-11/h5-9H,10H2,1-4H3,(H,15,16). The van der Waals surface area contributed by atoms with Gasteiger partial charge in [0.1, 0.15) is 0 Å². The van der Waals surface area contributed by atoms with Crippen molar-refractivity contribution in [3.8, 4) is 0 Å². The second-order valence-electron chi connectivity index (χ2n) is 5.74. The van der Waals surface area contributed by atoms with Gasteiger partial charge < -0.3 is 5.11 Å². The Bertz CT molecular complexity index is 362. The molecule has 0 aromatic heterocycles. The van der Waals surface area contributed by atoms with E-state index in [1.54, 1.807) is 6.92 Å². The fourth-order valence-electron chi connectivity index (χ4n) is 2.17. The van der Waals surface area contributed by atoms with E-state index in [-0.39, 0.29) is 5.41 Å². The molecule has 0 heterocycles. The molecular formula is C14H20O2. The molecule has 0 radical (unpaired) electrons. The molecule has 1 aromatic rings. The highest BCUT2D eigenvalue weighted by Crippen LogP contribution is 2.36. The molecular weight excluding hydrogens is 200 g/mol. The van der Waals surface area contributed by atoms with Crippen molar-refractivity contribution in [1.29, 1.82) is 0 Å². The van der Waals surface area contributed by atoms with Crippen molar-refractivity contribution in [2.45, 2.75) is 39.5 Å². The first-order chi connectivity index (χ1) is 7.26. The Morgan fingerprint density at radius 2 is 1.62 bits per heavy atom. The van der Waals surface area contributed by atoms with Gasteiger partial charge in [0.05, 0.1) is 5.41 Å². The van der Waals surface area contributed by atoms with Gasteiger partial charge in [0, 0.05) is 0 Å². The van der Waals surface area contributed by atoms with Gasteiger partial charge in [-0.05, 0) is 24.3 Å². The summed E-state index contributed by atoms with van der Waals surface area (Å²) in [6.07, 6.45) is 0.624. The van der Waals surface area contributed by atoms with Crippen molar-refractivity contribution < 1.29 is 9.90 Å². The van der Waals surface area contributed by atoms with E-state index in [9.17, 15) is 9.90 Å². The van der Waals surface area contributed by atoms with Crippen molar-refractivity contribution in [1.82, 2.24) is 0 Å². The molecule has 0 saturated carbocycles. The van der Waals surface area contributed by atoms with E-state index in [1.165, 1.54) is 0 Å². The zero-order valence-electron chi connectivity index (χ0n) is 10.4. The largest absolute Gasteiger partial charge is 0.481 e. The minimum atomic E-state index is -0.806. The number of carbonyl (C=O) groups is 1. The molecule has 0 aliphatic rings. The number of hydrogen-bond acceptors (Lipinski definition) is 1. The Morgan fingerprint density at radius 3 is 2.00 bits per heavy atom. The number of carboxylic acids is 1. The number of rotatable bonds is 3. The van der Waals surface area contributed by atoms with Crippen LogP contribution >= 0.6 is 0 Å². The normalized spacial score (nSPS) is 15.5. The molecule has 0 aliphatic heterocycles. The molecule has 0 amide bonds. The van der Waals surface area contributed by atoms with Crippen LogP contribution in [0.25, 0.3) is 0 Å². The summed E-state index contributed by atoms with van der Waals surface area (Å²) in [5.74, 6) is -0.756. The topological polar surface area (TPSA) is 37.3 Å². The molecule has 0 bridgehead atoms. The maximum atomic E-state index is 11.5. The lowest BCUT2D eigenvalue weighted by atomic mass is 9.71. The smallest absolute Gasteiger partial charge is 0.313 e. The van der Waals surface area contributed by atoms with Crippen molar-refractivity contribution >= 4 is 5.97 Å². The molecule has 1 aromatic carbocycles. The fraction of sp³-hybridized carbons (Fsp3) is 0.500. The lowest BCUT2D eigenvalue weighted by molar-refractivity contribution is -0.144. The Hall–Kier alpha value is -1.31. The quantitative estimate of drug-likeness (QED) is 0.847. The monoisotopic (exact) mass is 220 g/mol. The van der Waals surface area contributed by atoms with Crippen LogP contribution in [0.1, 0.15) is 39.7 Å². The van der Waals surface area contributed by atoms with E-state index < -0.39 is 11.4 Å². The van der Waals surface area contributed by atoms with Gasteiger partial charge in [0.15, 0.2) is 0 Å².